The molecule has 3 nitrogen and oxygen atoms in total. The summed E-state index contributed by atoms with van der Waals surface area (Å²) in [6.45, 7) is 0. The first-order valence-electron chi connectivity index (χ1n) is 3.44. The van der Waals surface area contributed by atoms with Crippen LogP contribution in [0.3, 0.4) is 0 Å². The van der Waals surface area contributed by atoms with E-state index in [1.165, 1.54) is 0 Å². The van der Waals surface area contributed by atoms with Crippen molar-refractivity contribution in [1.82, 2.24) is 0 Å². The normalized spacial score (nSPS) is 9.17. The number of rotatable bonds is 1. The summed E-state index contributed by atoms with van der Waals surface area (Å²) in [6, 6.07) is 3.85. The van der Waals surface area contributed by atoms with Gasteiger partial charge in [0.1, 0.15) is 6.07 Å². The van der Waals surface area contributed by atoms with Gasteiger partial charge in [0.15, 0.2) is 11.8 Å². The summed E-state index contributed by atoms with van der Waals surface area (Å²) in [5.41, 5.74) is 1.30. The van der Waals surface area contributed by atoms with Crippen LogP contribution in [-0.4, -0.2) is 14.1 Å². The lowest BCUT2D eigenvalue weighted by Gasteiger charge is -2.11. The Bertz CT molecular complexity index is 328. The van der Waals surface area contributed by atoms with Crippen LogP contribution in [0.5, 0.6) is 0 Å². The van der Waals surface area contributed by atoms with Crippen LogP contribution in [0.15, 0.2) is 12.3 Å². The summed E-state index contributed by atoms with van der Waals surface area (Å²) >= 11 is 5.77. The number of halogens is 1. The molecular formula is C8H9ClN3+. The van der Waals surface area contributed by atoms with E-state index in [9.17, 15) is 0 Å². The number of hydrogen-bond donors (Lipinski definition) is 0. The van der Waals surface area contributed by atoms with Crippen molar-refractivity contribution in [1.29, 1.82) is 5.26 Å². The molecule has 12 heavy (non-hydrogen) atoms. The van der Waals surface area contributed by atoms with Gasteiger partial charge < -0.3 is 4.90 Å². The maximum atomic E-state index is 8.77. The first-order chi connectivity index (χ1) is 5.66. The quantitative estimate of drug-likeness (QED) is 0.611. The van der Waals surface area contributed by atoms with Crippen molar-refractivity contribution in [2.45, 2.75) is 0 Å². The van der Waals surface area contributed by atoms with Gasteiger partial charge in [-0.25, -0.2) is 4.98 Å². The Labute approximate surface area is 76.2 Å². The molecule has 0 aliphatic carbocycles. The highest BCUT2D eigenvalue weighted by atomic mass is 35.5. The smallest absolute Gasteiger partial charge is 0.293 e. The number of aromatic amines is 1. The van der Waals surface area contributed by atoms with E-state index >= 15 is 0 Å². The predicted molar refractivity (Wildman–Crippen MR) is 47.0 cm³/mol. The molecule has 4 heteroatoms. The number of pyridine rings is 1. The summed E-state index contributed by atoms with van der Waals surface area (Å²) in [6.07, 6.45) is 1.71. The van der Waals surface area contributed by atoms with Gasteiger partial charge in [-0.2, -0.15) is 5.26 Å². The molecule has 0 radical (unpaired) electrons. The summed E-state index contributed by atoms with van der Waals surface area (Å²) < 4.78 is 0. The van der Waals surface area contributed by atoms with Gasteiger partial charge >= 0.3 is 0 Å². The fourth-order valence-electron chi connectivity index (χ4n) is 0.941. The topological polar surface area (TPSA) is 41.2 Å². The van der Waals surface area contributed by atoms with E-state index in [0.29, 0.717) is 10.7 Å². The van der Waals surface area contributed by atoms with E-state index in [4.69, 9.17) is 16.9 Å². The number of H-pyrrole nitrogens is 1. The number of nitrogens with zero attached hydrogens (tertiary/aromatic N) is 2. The van der Waals surface area contributed by atoms with E-state index in [-0.39, 0.29) is 0 Å². The molecule has 0 aromatic carbocycles. The van der Waals surface area contributed by atoms with Crippen molar-refractivity contribution in [2.75, 3.05) is 19.0 Å². The molecule has 1 aromatic heterocycles. The Morgan fingerprint density at radius 3 is 2.67 bits per heavy atom. The Hall–Kier alpha value is -1.27. The Kier molecular flexibility index (Phi) is 2.51. The highest BCUT2D eigenvalue weighted by molar-refractivity contribution is 6.29. The zero-order chi connectivity index (χ0) is 9.14. The maximum Gasteiger partial charge on any atom is 0.293 e. The van der Waals surface area contributed by atoms with Gasteiger partial charge in [-0.05, 0) is 11.6 Å². The molecule has 62 valence electrons. The zero-order valence-electron chi connectivity index (χ0n) is 6.93. The van der Waals surface area contributed by atoms with Crippen molar-refractivity contribution in [3.63, 3.8) is 0 Å². The van der Waals surface area contributed by atoms with Crippen molar-refractivity contribution in [3.8, 4) is 6.07 Å². The number of nitriles is 1. The average molecular weight is 183 g/mol. The van der Waals surface area contributed by atoms with Crippen LogP contribution in [-0.2, 0) is 0 Å². The molecule has 1 rings (SSSR count). The fourth-order valence-corrected chi connectivity index (χ4v) is 1.14. The van der Waals surface area contributed by atoms with E-state index in [1.54, 1.807) is 6.20 Å². The van der Waals surface area contributed by atoms with Crippen molar-refractivity contribution >= 4 is 17.3 Å². The third-order valence-corrected chi connectivity index (χ3v) is 1.82. The average Bonchev–Trinajstić information content (AvgIpc) is 2.03. The summed E-state index contributed by atoms with van der Waals surface area (Å²) in [5, 5.41) is 9.15. The molecule has 0 saturated heterocycles. The van der Waals surface area contributed by atoms with Crippen LogP contribution in [0.1, 0.15) is 5.56 Å². The molecule has 0 bridgehead atoms. The van der Waals surface area contributed by atoms with E-state index in [0.717, 1.165) is 5.69 Å². The molecular weight excluding hydrogens is 174 g/mol. The summed E-state index contributed by atoms with van der Waals surface area (Å²) in [4.78, 5) is 4.61. The molecule has 1 N–H and O–H groups in total. The minimum absolute atomic E-state index is 0.378. The van der Waals surface area contributed by atoms with Gasteiger partial charge in [0, 0.05) is 20.2 Å². The van der Waals surface area contributed by atoms with Crippen molar-refractivity contribution in [2.24, 2.45) is 0 Å². The van der Waals surface area contributed by atoms with E-state index < -0.39 is 0 Å². The second-order valence-corrected chi connectivity index (χ2v) is 2.94. The molecule has 0 aliphatic rings. The van der Waals surface area contributed by atoms with Crippen molar-refractivity contribution < 1.29 is 4.98 Å². The molecule has 0 aliphatic heterocycles. The number of aromatic nitrogens is 1. The minimum atomic E-state index is 0.378. The second kappa shape index (κ2) is 3.42. The summed E-state index contributed by atoms with van der Waals surface area (Å²) in [7, 11) is 3.74. The molecule has 1 heterocycles. The van der Waals surface area contributed by atoms with Crippen LogP contribution in [0, 0.1) is 11.3 Å². The highest BCUT2D eigenvalue weighted by Crippen LogP contribution is 2.20. The molecule has 0 amide bonds. The van der Waals surface area contributed by atoms with E-state index in [1.807, 2.05) is 31.1 Å². The number of anilines is 1. The fraction of sp³-hybridized carbons (Fsp3) is 0.250. The van der Waals surface area contributed by atoms with Crippen LogP contribution in [0.25, 0.3) is 0 Å². The number of hydrogen-bond acceptors (Lipinski definition) is 2. The largest absolute Gasteiger partial charge is 0.376 e. The monoisotopic (exact) mass is 182 g/mol. The minimum Gasteiger partial charge on any atom is -0.376 e. The molecule has 0 saturated carbocycles. The maximum absolute atomic E-state index is 8.77. The third kappa shape index (κ3) is 1.49. The molecule has 0 unspecified atom stereocenters. The third-order valence-electron chi connectivity index (χ3n) is 1.52. The highest BCUT2D eigenvalue weighted by Gasteiger charge is 2.12. The first-order valence-corrected chi connectivity index (χ1v) is 3.82. The second-order valence-electron chi connectivity index (χ2n) is 2.56. The predicted octanol–water partition coefficient (Wildman–Crippen LogP) is 1.09. The van der Waals surface area contributed by atoms with E-state index in [2.05, 4.69) is 4.98 Å². The van der Waals surface area contributed by atoms with Crippen molar-refractivity contribution in [3.05, 3.63) is 23.0 Å². The lowest BCUT2D eigenvalue weighted by Crippen LogP contribution is -2.14. The van der Waals surface area contributed by atoms with Crippen LogP contribution >= 0.6 is 11.6 Å². The van der Waals surface area contributed by atoms with Gasteiger partial charge in [0.2, 0.25) is 0 Å². The van der Waals surface area contributed by atoms with Gasteiger partial charge in [0.05, 0.1) is 5.69 Å². The Morgan fingerprint density at radius 1 is 1.58 bits per heavy atom. The van der Waals surface area contributed by atoms with Gasteiger partial charge in [-0.1, -0.05) is 0 Å². The standard InChI is InChI=1S/C8H8ClN3/c1-12(2)7-3-4-11-8(9)6(7)5-10/h3-4H,1-2H3/p+1. The lowest BCUT2D eigenvalue weighted by molar-refractivity contribution is -0.375. The SMILES string of the molecule is CN(C)c1cc[nH+]c(Cl)c1C#N. The Balaban J connectivity index is 3.30. The first kappa shape index (κ1) is 8.82. The van der Waals surface area contributed by atoms with Crippen LogP contribution in [0.2, 0.25) is 5.15 Å². The molecule has 0 spiro atoms. The van der Waals surface area contributed by atoms with Gasteiger partial charge in [0.25, 0.3) is 5.15 Å². The van der Waals surface area contributed by atoms with Crippen LogP contribution in [0.4, 0.5) is 5.69 Å². The van der Waals surface area contributed by atoms with Gasteiger partial charge in [-0.3, -0.25) is 0 Å². The number of nitrogens with one attached hydrogen (secondary N) is 1. The lowest BCUT2D eigenvalue weighted by atomic mass is 10.2. The van der Waals surface area contributed by atoms with Crippen LogP contribution < -0.4 is 9.88 Å². The van der Waals surface area contributed by atoms with Gasteiger partial charge in [-0.15, -0.1) is 0 Å². The molecule has 0 fully saturated rings. The summed E-state index contributed by atoms with van der Waals surface area (Å²) in [5.74, 6) is 0. The Morgan fingerprint density at radius 2 is 2.25 bits per heavy atom. The molecule has 0 atom stereocenters. The molecule has 1 aromatic rings. The zero-order valence-corrected chi connectivity index (χ0v) is 7.68.